The molecule has 0 aliphatic rings. The van der Waals surface area contributed by atoms with Gasteiger partial charge in [0, 0.05) is 0 Å². The van der Waals surface area contributed by atoms with E-state index in [4.69, 9.17) is 14.7 Å². The molecule has 0 radical (unpaired) electrons. The Kier molecular flexibility index (Phi) is 7.70. The van der Waals surface area contributed by atoms with E-state index < -0.39 is 10.8 Å². The lowest BCUT2D eigenvalue weighted by Crippen LogP contribution is -2.38. The number of rotatable bonds is 9. The Morgan fingerprint density at radius 3 is 2.29 bits per heavy atom. The molecular weight excluding hydrogens is 396 g/mol. The molecule has 2 rings (SSSR count). The van der Waals surface area contributed by atoms with Crippen molar-refractivity contribution in [1.82, 2.24) is 4.98 Å². The van der Waals surface area contributed by atoms with E-state index in [-0.39, 0.29) is 18.5 Å². The molecule has 0 fully saturated rings. The van der Waals surface area contributed by atoms with Crippen molar-refractivity contribution in [1.29, 1.82) is 5.26 Å². The number of ether oxygens (including phenoxy) is 2. The molecule has 0 spiro atoms. The molecule has 1 aromatic carbocycles. The van der Waals surface area contributed by atoms with Crippen LogP contribution >= 0.6 is 0 Å². The lowest BCUT2D eigenvalue weighted by Gasteiger charge is -2.33. The first kappa shape index (κ1) is 23.8. The molecule has 2 aromatic rings. The number of nitrogens with one attached hydrogen (secondary N) is 1. The van der Waals surface area contributed by atoms with Crippen LogP contribution in [0.2, 0.25) is 0 Å². The molecule has 0 saturated heterocycles. The summed E-state index contributed by atoms with van der Waals surface area (Å²) < 4.78 is 10.4. The number of carbonyl (C=O) groups excluding carboxylic acids is 2. The van der Waals surface area contributed by atoms with Gasteiger partial charge in [-0.3, -0.25) is 9.59 Å². The highest BCUT2D eigenvalue weighted by atomic mass is 16.5. The van der Waals surface area contributed by atoms with Gasteiger partial charge in [-0.2, -0.15) is 5.26 Å². The van der Waals surface area contributed by atoms with Gasteiger partial charge in [-0.15, -0.1) is 10.2 Å². The second-order valence-corrected chi connectivity index (χ2v) is 8.28. The number of methoxy groups -OCH3 is 1. The van der Waals surface area contributed by atoms with Crippen molar-refractivity contribution in [2.75, 3.05) is 7.11 Å². The van der Waals surface area contributed by atoms with Gasteiger partial charge in [0.25, 0.3) is 0 Å². The largest absolute Gasteiger partial charge is 0.469 e. The Morgan fingerprint density at radius 1 is 1.06 bits per heavy atom. The van der Waals surface area contributed by atoms with E-state index in [1.807, 2.05) is 19.9 Å². The first-order valence-electron chi connectivity index (χ1n) is 9.99. The molecular formula is C23H28N4O4. The van der Waals surface area contributed by atoms with Gasteiger partial charge in [-0.05, 0) is 63.4 Å². The van der Waals surface area contributed by atoms with Crippen LogP contribution in [0.25, 0.3) is 0 Å². The van der Waals surface area contributed by atoms with E-state index in [2.05, 4.69) is 15.2 Å². The van der Waals surface area contributed by atoms with E-state index in [1.165, 1.54) is 7.11 Å². The highest BCUT2D eigenvalue weighted by Crippen LogP contribution is 2.38. The number of aromatic nitrogens is 1. The maximum Gasteiger partial charge on any atom is 0.312 e. The molecule has 1 unspecified atom stereocenters. The Hall–Kier alpha value is -3.47. The van der Waals surface area contributed by atoms with Crippen LogP contribution in [0.1, 0.15) is 51.8 Å². The number of aromatic amines is 1. The van der Waals surface area contributed by atoms with Crippen molar-refractivity contribution in [3.8, 4) is 6.07 Å². The summed E-state index contributed by atoms with van der Waals surface area (Å²) in [5, 5.41) is 17.0. The van der Waals surface area contributed by atoms with Crippen molar-refractivity contribution >= 4 is 23.4 Å². The topological polar surface area (TPSA) is 117 Å². The van der Waals surface area contributed by atoms with Gasteiger partial charge in [0.1, 0.15) is 18.4 Å². The van der Waals surface area contributed by atoms with Gasteiger partial charge in [-0.1, -0.05) is 19.1 Å². The summed E-state index contributed by atoms with van der Waals surface area (Å²) in [6.45, 7) is 7.36. The minimum Gasteiger partial charge on any atom is -0.469 e. The molecule has 0 aliphatic heterocycles. The van der Waals surface area contributed by atoms with Crippen molar-refractivity contribution < 1.29 is 19.1 Å². The number of carbonyl (C=O) groups is 2. The third kappa shape index (κ3) is 6.25. The molecule has 0 bridgehead atoms. The molecule has 0 aliphatic carbocycles. The Balaban J connectivity index is 1.97. The van der Waals surface area contributed by atoms with Crippen LogP contribution in [-0.4, -0.2) is 24.0 Å². The predicted octanol–water partition coefficient (Wildman–Crippen LogP) is 5.35. The molecule has 0 amide bonds. The third-order valence-corrected chi connectivity index (χ3v) is 5.21. The second kappa shape index (κ2) is 10.0. The zero-order chi connectivity index (χ0) is 23.1. The molecule has 1 atom stereocenters. The molecule has 164 valence electrons. The zero-order valence-electron chi connectivity index (χ0n) is 18.6. The molecule has 8 nitrogen and oxygen atoms in total. The number of H-pyrrole nitrogens is 1. The van der Waals surface area contributed by atoms with Crippen molar-refractivity contribution in [3.05, 3.63) is 47.7 Å². The lowest BCUT2D eigenvalue weighted by molar-refractivity contribution is -0.162. The average Bonchev–Trinajstić information content (AvgIpc) is 3.23. The first-order chi connectivity index (χ1) is 14.6. The van der Waals surface area contributed by atoms with Crippen molar-refractivity contribution in [3.63, 3.8) is 0 Å². The number of azo groups is 1. The van der Waals surface area contributed by atoms with Gasteiger partial charge >= 0.3 is 11.9 Å². The molecule has 1 N–H and O–H groups in total. The fraction of sp³-hybridized carbons (Fsp3) is 0.435. The van der Waals surface area contributed by atoms with Crippen molar-refractivity contribution in [2.24, 2.45) is 21.1 Å². The van der Waals surface area contributed by atoms with Crippen LogP contribution < -0.4 is 0 Å². The predicted molar refractivity (Wildman–Crippen MR) is 115 cm³/mol. The van der Waals surface area contributed by atoms with E-state index in [1.54, 1.807) is 50.2 Å². The summed E-state index contributed by atoms with van der Waals surface area (Å²) in [7, 11) is 1.34. The quantitative estimate of drug-likeness (QED) is 0.430. The Bertz CT molecular complexity index is 986. The monoisotopic (exact) mass is 424 g/mol. The molecule has 1 aromatic heterocycles. The van der Waals surface area contributed by atoms with Crippen LogP contribution in [0.5, 0.6) is 0 Å². The van der Waals surface area contributed by atoms with E-state index in [0.29, 0.717) is 30.0 Å². The van der Waals surface area contributed by atoms with Crippen LogP contribution in [0, 0.1) is 22.2 Å². The van der Waals surface area contributed by atoms with Gasteiger partial charge in [0.15, 0.2) is 5.82 Å². The van der Waals surface area contributed by atoms with Gasteiger partial charge < -0.3 is 14.5 Å². The number of nitrogens with zero attached hydrogens (tertiary/aromatic N) is 3. The van der Waals surface area contributed by atoms with E-state index in [0.717, 1.165) is 5.56 Å². The summed E-state index contributed by atoms with van der Waals surface area (Å²) in [6, 6.07) is 12.4. The normalized spacial score (nSPS) is 13.4. The Labute approximate surface area is 182 Å². The number of esters is 2. The minimum atomic E-state index is -0.801. The Morgan fingerprint density at radius 2 is 1.74 bits per heavy atom. The lowest BCUT2D eigenvalue weighted by atomic mass is 9.72. The fourth-order valence-electron chi connectivity index (χ4n) is 3.27. The minimum absolute atomic E-state index is 0.118. The van der Waals surface area contributed by atoms with Crippen LogP contribution in [0.4, 0.5) is 11.5 Å². The number of nitriles is 1. The molecule has 8 heteroatoms. The highest BCUT2D eigenvalue weighted by molar-refractivity contribution is 5.80. The smallest absolute Gasteiger partial charge is 0.312 e. The standard InChI is InChI=1S/C23H28N4O4/c1-6-23(4,15-22(2,3)20(28)30-5)21(29)31-14-16-7-9-17(10-8-16)26-27-19-12-11-18(13-24)25-19/h7-12,25H,6,14-15H2,1-5H3/b27-26+. The maximum atomic E-state index is 12.8. The van der Waals surface area contributed by atoms with Gasteiger partial charge in [0.05, 0.1) is 23.6 Å². The van der Waals surface area contributed by atoms with Gasteiger partial charge in [-0.25, -0.2) is 0 Å². The highest BCUT2D eigenvalue weighted by Gasteiger charge is 2.42. The third-order valence-electron chi connectivity index (χ3n) is 5.21. The summed E-state index contributed by atoms with van der Waals surface area (Å²) in [5.41, 5.74) is 0.258. The fourth-order valence-corrected chi connectivity index (χ4v) is 3.27. The number of hydrogen-bond donors (Lipinski definition) is 1. The SMILES string of the molecule is CCC(C)(CC(C)(C)C(=O)OC)C(=O)OCc1ccc(/N=N/c2ccc(C#N)[nH]2)cc1. The van der Waals surface area contributed by atoms with E-state index in [9.17, 15) is 9.59 Å². The van der Waals surface area contributed by atoms with Crippen LogP contribution in [0.15, 0.2) is 46.6 Å². The van der Waals surface area contributed by atoms with Gasteiger partial charge in [0.2, 0.25) is 0 Å². The summed E-state index contributed by atoms with van der Waals surface area (Å²) in [5.74, 6) is -0.216. The molecule has 1 heterocycles. The first-order valence-corrected chi connectivity index (χ1v) is 9.99. The molecule has 0 saturated carbocycles. The summed E-state index contributed by atoms with van der Waals surface area (Å²) >= 11 is 0. The number of benzene rings is 1. The second-order valence-electron chi connectivity index (χ2n) is 8.28. The average molecular weight is 425 g/mol. The van der Waals surface area contributed by atoms with E-state index >= 15 is 0 Å². The van der Waals surface area contributed by atoms with Crippen LogP contribution in [-0.2, 0) is 25.7 Å². The summed E-state index contributed by atoms with van der Waals surface area (Å²) in [4.78, 5) is 27.6. The van der Waals surface area contributed by atoms with Crippen molar-refractivity contribution in [2.45, 2.75) is 47.1 Å². The van der Waals surface area contributed by atoms with Crippen LogP contribution in [0.3, 0.4) is 0 Å². The number of hydrogen-bond acceptors (Lipinski definition) is 7. The maximum absolute atomic E-state index is 12.8. The summed E-state index contributed by atoms with van der Waals surface area (Å²) in [6.07, 6.45) is 0.866. The molecule has 31 heavy (non-hydrogen) atoms. The zero-order valence-corrected chi connectivity index (χ0v) is 18.6.